The number of aromatic nitrogens is 4. The molecule has 13 aromatic rings. The summed E-state index contributed by atoms with van der Waals surface area (Å²) in [6, 6.07) is 68.6. The lowest BCUT2D eigenvalue weighted by molar-refractivity contribution is 0.672. The van der Waals surface area contributed by atoms with Gasteiger partial charge in [0.15, 0.2) is 11.6 Å². The molecule has 0 aliphatic carbocycles. The highest BCUT2D eigenvalue weighted by Crippen LogP contribution is 2.42. The summed E-state index contributed by atoms with van der Waals surface area (Å²) in [4.78, 5) is 16.2. The Kier molecular flexibility index (Phi) is 6.95. The molecular weight excluding hydrogens is 733 g/mol. The van der Waals surface area contributed by atoms with E-state index in [2.05, 4.69) is 187 Å². The Labute approximate surface area is 343 Å². The van der Waals surface area contributed by atoms with E-state index in [1.807, 2.05) is 12.1 Å². The molecule has 278 valence electrons. The summed E-state index contributed by atoms with van der Waals surface area (Å²) in [6.07, 6.45) is 0. The molecule has 0 unspecified atom stereocenters. The predicted octanol–water partition coefficient (Wildman–Crippen LogP) is 14.5. The Hall–Kier alpha value is -8.15. The van der Waals surface area contributed by atoms with Crippen molar-refractivity contribution in [3.05, 3.63) is 194 Å². The monoisotopic (exact) mass is 764 g/mol. The van der Waals surface area contributed by atoms with Crippen LogP contribution in [0.1, 0.15) is 0 Å². The van der Waals surface area contributed by atoms with Crippen molar-refractivity contribution in [3.63, 3.8) is 0 Å². The number of nitrogens with zero attached hydrogens (tertiary/aromatic N) is 4. The number of benzene rings is 10. The predicted molar refractivity (Wildman–Crippen MR) is 248 cm³/mol. The molecule has 0 saturated carbocycles. The van der Waals surface area contributed by atoms with Gasteiger partial charge in [-0.2, -0.15) is 9.97 Å². The van der Waals surface area contributed by atoms with Gasteiger partial charge in [0.1, 0.15) is 11.2 Å². The van der Waals surface area contributed by atoms with Crippen molar-refractivity contribution >= 4 is 86.8 Å². The maximum atomic E-state index is 6.66. The lowest BCUT2D eigenvalue weighted by Crippen LogP contribution is -2.06. The summed E-state index contributed by atoms with van der Waals surface area (Å²) < 4.78 is 8.92. The van der Waals surface area contributed by atoms with Gasteiger partial charge < -0.3 is 4.42 Å². The molecule has 10 aromatic carbocycles. The number of fused-ring (bicyclic) bond motifs is 13. The van der Waals surface area contributed by atoms with Gasteiger partial charge in [-0.25, -0.2) is 4.98 Å². The molecule has 60 heavy (non-hydrogen) atoms. The van der Waals surface area contributed by atoms with E-state index in [0.717, 1.165) is 81.8 Å². The maximum absolute atomic E-state index is 6.66. The molecule has 0 atom stereocenters. The Balaban J connectivity index is 1.12. The average Bonchev–Trinajstić information content (AvgIpc) is 3.88. The zero-order valence-electron chi connectivity index (χ0n) is 32.2. The molecular formula is C55H32N4O. The van der Waals surface area contributed by atoms with Crippen LogP contribution in [0, 0.1) is 0 Å². The van der Waals surface area contributed by atoms with Crippen LogP contribution in [0.4, 0.5) is 0 Å². The molecule has 5 nitrogen and oxygen atoms in total. The molecule has 0 amide bonds. The first-order valence-electron chi connectivity index (χ1n) is 20.3. The van der Waals surface area contributed by atoms with E-state index in [1.54, 1.807) is 0 Å². The van der Waals surface area contributed by atoms with Gasteiger partial charge in [-0.05, 0) is 73.8 Å². The van der Waals surface area contributed by atoms with Crippen LogP contribution in [-0.4, -0.2) is 19.5 Å². The smallest absolute Gasteiger partial charge is 0.238 e. The fourth-order valence-corrected chi connectivity index (χ4v) is 9.40. The lowest BCUT2D eigenvalue weighted by Gasteiger charge is -2.13. The summed E-state index contributed by atoms with van der Waals surface area (Å²) in [6.45, 7) is 0. The van der Waals surface area contributed by atoms with E-state index in [4.69, 9.17) is 19.4 Å². The molecule has 0 aliphatic heterocycles. The van der Waals surface area contributed by atoms with Crippen molar-refractivity contribution in [1.82, 2.24) is 19.5 Å². The number of rotatable bonds is 4. The average molecular weight is 765 g/mol. The summed E-state index contributed by atoms with van der Waals surface area (Å²) in [5.41, 5.74) is 7.91. The molecule has 3 aromatic heterocycles. The lowest BCUT2D eigenvalue weighted by atomic mass is 10.00. The van der Waals surface area contributed by atoms with E-state index < -0.39 is 0 Å². The van der Waals surface area contributed by atoms with Crippen molar-refractivity contribution in [2.75, 3.05) is 0 Å². The molecule has 5 heteroatoms. The Morgan fingerprint density at radius 3 is 1.80 bits per heavy atom. The second-order valence-electron chi connectivity index (χ2n) is 15.6. The Morgan fingerprint density at radius 2 is 0.983 bits per heavy atom. The molecule has 0 N–H and O–H groups in total. The van der Waals surface area contributed by atoms with Crippen LogP contribution in [-0.2, 0) is 0 Å². The summed E-state index contributed by atoms with van der Waals surface area (Å²) in [7, 11) is 0. The van der Waals surface area contributed by atoms with Gasteiger partial charge in [0.05, 0.1) is 11.0 Å². The van der Waals surface area contributed by atoms with Crippen LogP contribution < -0.4 is 0 Å². The molecule has 0 radical (unpaired) electrons. The van der Waals surface area contributed by atoms with Crippen LogP contribution in [0.2, 0.25) is 0 Å². The summed E-state index contributed by atoms with van der Waals surface area (Å²) in [5, 5.41) is 13.5. The van der Waals surface area contributed by atoms with E-state index in [1.165, 1.54) is 27.3 Å². The van der Waals surface area contributed by atoms with Crippen molar-refractivity contribution in [2.45, 2.75) is 0 Å². The van der Waals surface area contributed by atoms with Gasteiger partial charge in [0, 0.05) is 43.4 Å². The zero-order chi connectivity index (χ0) is 39.3. The van der Waals surface area contributed by atoms with Gasteiger partial charge in [-0.15, -0.1) is 0 Å². The fraction of sp³-hybridized carbons (Fsp3) is 0. The number of hydrogen-bond donors (Lipinski definition) is 0. The molecule has 3 heterocycles. The standard InChI is InChI=1S/C55H32N4O/c1-2-11-33(12-3-1)37-21-22-39-32-40(24-23-38(39)31-37)53-56-54(46-19-10-20-48-50(46)45-29-26-36-15-6-9-18-43(36)52(45)60-48)58-55(57-53)59-47-30-27-34-13-4-7-16-41(34)49(47)44-28-25-35-14-5-8-17-42(35)51(44)59/h1-32H. The van der Waals surface area contributed by atoms with Crippen LogP contribution >= 0.6 is 0 Å². The van der Waals surface area contributed by atoms with Gasteiger partial charge >= 0.3 is 0 Å². The third kappa shape index (κ3) is 4.90. The highest BCUT2D eigenvalue weighted by Gasteiger charge is 2.23. The minimum Gasteiger partial charge on any atom is -0.455 e. The maximum Gasteiger partial charge on any atom is 0.238 e. The molecule has 13 rings (SSSR count). The molecule has 0 aliphatic rings. The summed E-state index contributed by atoms with van der Waals surface area (Å²) >= 11 is 0. The molecule has 0 fully saturated rings. The van der Waals surface area contributed by atoms with E-state index in [9.17, 15) is 0 Å². The first-order chi connectivity index (χ1) is 29.7. The molecule has 0 spiro atoms. The zero-order valence-corrected chi connectivity index (χ0v) is 32.2. The van der Waals surface area contributed by atoms with Crippen molar-refractivity contribution in [1.29, 1.82) is 0 Å². The normalized spacial score (nSPS) is 12.0. The molecule has 0 bridgehead atoms. The van der Waals surface area contributed by atoms with Gasteiger partial charge in [-0.1, -0.05) is 164 Å². The fourth-order valence-electron chi connectivity index (χ4n) is 9.40. The third-order valence-electron chi connectivity index (χ3n) is 12.2. The van der Waals surface area contributed by atoms with Crippen LogP contribution in [0.25, 0.3) is 127 Å². The van der Waals surface area contributed by atoms with Crippen LogP contribution in [0.15, 0.2) is 199 Å². The van der Waals surface area contributed by atoms with Gasteiger partial charge in [0.25, 0.3) is 0 Å². The van der Waals surface area contributed by atoms with Crippen molar-refractivity contribution in [2.24, 2.45) is 0 Å². The highest BCUT2D eigenvalue weighted by molar-refractivity contribution is 6.26. The summed E-state index contributed by atoms with van der Waals surface area (Å²) in [5.74, 6) is 1.72. The Morgan fingerprint density at radius 1 is 0.367 bits per heavy atom. The quantitative estimate of drug-likeness (QED) is 0.179. The van der Waals surface area contributed by atoms with E-state index >= 15 is 0 Å². The topological polar surface area (TPSA) is 56.7 Å². The van der Waals surface area contributed by atoms with E-state index in [0.29, 0.717) is 17.6 Å². The van der Waals surface area contributed by atoms with Crippen LogP contribution in [0.3, 0.4) is 0 Å². The highest BCUT2D eigenvalue weighted by atomic mass is 16.3. The van der Waals surface area contributed by atoms with Crippen molar-refractivity contribution in [3.8, 4) is 39.9 Å². The number of furan rings is 1. The van der Waals surface area contributed by atoms with Crippen LogP contribution in [0.5, 0.6) is 0 Å². The first-order valence-corrected chi connectivity index (χ1v) is 20.3. The van der Waals surface area contributed by atoms with Gasteiger partial charge in [-0.3, -0.25) is 4.57 Å². The number of hydrogen-bond acceptors (Lipinski definition) is 4. The molecule has 0 saturated heterocycles. The Bertz CT molecular complexity index is 3900. The first kappa shape index (κ1) is 32.9. The second kappa shape index (κ2) is 12.7. The van der Waals surface area contributed by atoms with E-state index in [-0.39, 0.29) is 0 Å². The van der Waals surface area contributed by atoms with Gasteiger partial charge in [0.2, 0.25) is 5.95 Å². The minimum absolute atomic E-state index is 0.552. The van der Waals surface area contributed by atoms with Crippen molar-refractivity contribution < 1.29 is 4.42 Å². The SMILES string of the molecule is c1ccc(-c2ccc3cc(-c4nc(-c5cccc6oc7c8ccccc8ccc7c56)nc(-n5c6ccc7ccccc7c6c6ccc7ccccc7c65)n4)ccc3c2)cc1. The second-order valence-corrected chi connectivity index (χ2v) is 15.6. The largest absolute Gasteiger partial charge is 0.455 e. The minimum atomic E-state index is 0.552. The third-order valence-corrected chi connectivity index (χ3v) is 12.2.